The normalized spacial score (nSPS) is 12.7. The van der Waals surface area contributed by atoms with Crippen LogP contribution in [0.15, 0.2) is 97.2 Å². The van der Waals surface area contributed by atoms with Gasteiger partial charge in [0.25, 0.3) is 0 Å². The Morgan fingerprint density at radius 1 is 0.273 bits per heavy atom. The summed E-state index contributed by atoms with van der Waals surface area (Å²) in [6, 6.07) is 0. The lowest BCUT2D eigenvalue weighted by atomic mass is 10.0. The van der Waals surface area contributed by atoms with E-state index in [-0.39, 0.29) is 31.1 Å². The second kappa shape index (κ2) is 64.9. The zero-order valence-electron chi connectivity index (χ0n) is 50.7. The van der Waals surface area contributed by atoms with Gasteiger partial charge in [0.15, 0.2) is 6.10 Å². The molecule has 0 heterocycles. The smallest absolute Gasteiger partial charge is 0.306 e. The highest BCUT2D eigenvalue weighted by atomic mass is 16.6. The maximum Gasteiger partial charge on any atom is 0.306 e. The lowest BCUT2D eigenvalue weighted by molar-refractivity contribution is -0.167. The third kappa shape index (κ3) is 63.0. The lowest BCUT2D eigenvalue weighted by Gasteiger charge is -2.18. The van der Waals surface area contributed by atoms with Crippen molar-refractivity contribution in [1.29, 1.82) is 0 Å². The van der Waals surface area contributed by atoms with Gasteiger partial charge in [-0.15, -0.1) is 0 Å². The molecule has 0 aliphatic rings. The van der Waals surface area contributed by atoms with Crippen LogP contribution in [0.1, 0.15) is 316 Å². The summed E-state index contributed by atoms with van der Waals surface area (Å²) in [5.41, 5.74) is 0. The summed E-state index contributed by atoms with van der Waals surface area (Å²) in [7, 11) is 0. The standard InChI is InChI=1S/C71H122O6/c1-4-7-10-13-15-17-19-21-23-25-27-29-31-33-34-35-36-38-39-41-43-45-47-49-51-53-55-58-61-64-70(73)76-67-68(66-75-69(72)63-60-57-12-9-6-3)77-71(74)65-62-59-56-54-52-50-48-46-44-42-40-37-32-30-28-26-24-22-20-18-16-14-11-8-5-2/h7,10,15,17,20-23,26-29,32-34,37,68H,4-6,8-9,11-14,16,18-19,24-25,30-31,35-36,38-67H2,1-3H3/b10-7-,17-15-,22-20-,23-21-,28-26-,29-27-,34-33-,37-32-. The third-order valence-electron chi connectivity index (χ3n) is 14.1. The molecule has 0 aliphatic carbocycles. The van der Waals surface area contributed by atoms with E-state index in [2.05, 4.69) is 118 Å². The highest BCUT2D eigenvalue weighted by Gasteiger charge is 2.19. The van der Waals surface area contributed by atoms with E-state index in [4.69, 9.17) is 14.2 Å². The number of hydrogen-bond acceptors (Lipinski definition) is 6. The minimum atomic E-state index is -0.777. The van der Waals surface area contributed by atoms with Crippen molar-refractivity contribution in [2.75, 3.05) is 13.2 Å². The Hall–Kier alpha value is -3.67. The molecule has 6 nitrogen and oxygen atoms in total. The summed E-state index contributed by atoms with van der Waals surface area (Å²) < 4.78 is 16.8. The van der Waals surface area contributed by atoms with Crippen LogP contribution in [0.25, 0.3) is 0 Å². The average molecular weight is 1070 g/mol. The van der Waals surface area contributed by atoms with Gasteiger partial charge in [0.05, 0.1) is 0 Å². The predicted molar refractivity (Wildman–Crippen MR) is 334 cm³/mol. The minimum Gasteiger partial charge on any atom is -0.462 e. The van der Waals surface area contributed by atoms with Gasteiger partial charge in [-0.2, -0.15) is 0 Å². The minimum absolute atomic E-state index is 0.0780. The van der Waals surface area contributed by atoms with Crippen molar-refractivity contribution in [2.24, 2.45) is 0 Å². The van der Waals surface area contributed by atoms with Crippen LogP contribution in [0, 0.1) is 0 Å². The molecule has 0 amide bonds. The van der Waals surface area contributed by atoms with E-state index in [1.165, 1.54) is 167 Å². The van der Waals surface area contributed by atoms with E-state index in [9.17, 15) is 14.4 Å². The summed E-state index contributed by atoms with van der Waals surface area (Å²) in [6.45, 7) is 6.45. The molecule has 0 aromatic rings. The van der Waals surface area contributed by atoms with Crippen LogP contribution in [0.4, 0.5) is 0 Å². The first-order valence-electron chi connectivity index (χ1n) is 32.7. The van der Waals surface area contributed by atoms with Crippen molar-refractivity contribution in [3.63, 3.8) is 0 Å². The molecule has 0 saturated carbocycles. The maximum absolute atomic E-state index is 12.8. The second-order valence-electron chi connectivity index (χ2n) is 21.6. The van der Waals surface area contributed by atoms with Crippen molar-refractivity contribution in [3.05, 3.63) is 97.2 Å². The summed E-state index contributed by atoms with van der Waals surface area (Å²) >= 11 is 0. The zero-order valence-corrected chi connectivity index (χ0v) is 50.7. The Balaban J connectivity index is 4.03. The van der Waals surface area contributed by atoms with Crippen LogP contribution in [0.5, 0.6) is 0 Å². The summed E-state index contributed by atoms with van der Waals surface area (Å²) in [6.07, 6.45) is 87.5. The topological polar surface area (TPSA) is 78.9 Å². The third-order valence-corrected chi connectivity index (χ3v) is 14.1. The van der Waals surface area contributed by atoms with Gasteiger partial charge in [0, 0.05) is 19.3 Å². The SMILES string of the molecule is CC/C=C\C/C=C\C/C=C\C/C=C\C/C=C\CCCCCCCCCCCCCCCC(=O)OCC(COC(=O)CCCCCCC)OC(=O)CCCCCCCCCCCC/C=C\C/C=C\C/C=C\CCCCCCC. The van der Waals surface area contributed by atoms with Crippen LogP contribution in [0.3, 0.4) is 0 Å². The van der Waals surface area contributed by atoms with Crippen LogP contribution in [-0.4, -0.2) is 37.2 Å². The second-order valence-corrected chi connectivity index (χ2v) is 21.6. The van der Waals surface area contributed by atoms with Gasteiger partial charge in [-0.1, -0.05) is 291 Å². The molecule has 0 spiro atoms. The molecular formula is C71H122O6. The summed E-state index contributed by atoms with van der Waals surface area (Å²) in [4.78, 5) is 38.0. The van der Waals surface area contributed by atoms with Gasteiger partial charge >= 0.3 is 17.9 Å². The van der Waals surface area contributed by atoms with Gasteiger partial charge in [-0.05, 0) is 103 Å². The van der Waals surface area contributed by atoms with Crippen LogP contribution < -0.4 is 0 Å². The quantitative estimate of drug-likeness (QED) is 0.0261. The molecule has 0 rings (SSSR count). The number of ether oxygens (including phenoxy) is 3. The Labute approximate surface area is 477 Å². The van der Waals surface area contributed by atoms with Gasteiger partial charge in [-0.25, -0.2) is 0 Å². The first kappa shape index (κ1) is 73.3. The van der Waals surface area contributed by atoms with E-state index >= 15 is 0 Å². The van der Waals surface area contributed by atoms with Crippen LogP contribution >= 0.6 is 0 Å². The number of carbonyl (C=O) groups excluding carboxylic acids is 3. The number of allylic oxidation sites excluding steroid dienone is 16. The molecule has 1 atom stereocenters. The molecule has 6 heteroatoms. The number of carbonyl (C=O) groups is 3. The van der Waals surface area contributed by atoms with Crippen molar-refractivity contribution >= 4 is 17.9 Å². The Morgan fingerprint density at radius 3 is 0.792 bits per heavy atom. The molecular weight excluding hydrogens is 949 g/mol. The molecule has 0 fully saturated rings. The van der Waals surface area contributed by atoms with E-state index < -0.39 is 6.10 Å². The number of rotatable bonds is 59. The monoisotopic (exact) mass is 1070 g/mol. The average Bonchev–Trinajstić information content (AvgIpc) is 3.43. The van der Waals surface area contributed by atoms with Crippen molar-refractivity contribution in [1.82, 2.24) is 0 Å². The van der Waals surface area contributed by atoms with Crippen molar-refractivity contribution in [3.8, 4) is 0 Å². The molecule has 0 aromatic heterocycles. The predicted octanol–water partition coefficient (Wildman–Crippen LogP) is 22.4. The molecule has 0 aliphatic heterocycles. The Kier molecular flexibility index (Phi) is 61.8. The maximum atomic E-state index is 12.8. The fourth-order valence-electron chi connectivity index (χ4n) is 9.18. The number of unbranched alkanes of at least 4 members (excludes halogenated alkanes) is 32. The lowest BCUT2D eigenvalue weighted by Crippen LogP contribution is -2.30. The molecule has 1 unspecified atom stereocenters. The van der Waals surface area contributed by atoms with E-state index in [0.717, 1.165) is 109 Å². The fourth-order valence-corrected chi connectivity index (χ4v) is 9.18. The van der Waals surface area contributed by atoms with Gasteiger partial charge in [-0.3, -0.25) is 14.4 Å². The summed E-state index contributed by atoms with van der Waals surface area (Å²) in [5.74, 6) is -0.888. The van der Waals surface area contributed by atoms with Crippen LogP contribution in [-0.2, 0) is 28.6 Å². The molecule has 0 bridgehead atoms. The number of esters is 3. The summed E-state index contributed by atoms with van der Waals surface area (Å²) in [5, 5.41) is 0. The van der Waals surface area contributed by atoms with E-state index in [1.54, 1.807) is 0 Å². The van der Waals surface area contributed by atoms with Gasteiger partial charge < -0.3 is 14.2 Å². The van der Waals surface area contributed by atoms with Crippen LogP contribution in [0.2, 0.25) is 0 Å². The van der Waals surface area contributed by atoms with Crippen molar-refractivity contribution < 1.29 is 28.6 Å². The highest BCUT2D eigenvalue weighted by molar-refractivity contribution is 5.71. The molecule has 77 heavy (non-hydrogen) atoms. The van der Waals surface area contributed by atoms with Gasteiger partial charge in [0.2, 0.25) is 0 Å². The first-order valence-corrected chi connectivity index (χ1v) is 32.7. The molecule has 0 saturated heterocycles. The van der Waals surface area contributed by atoms with E-state index in [0.29, 0.717) is 19.3 Å². The highest BCUT2D eigenvalue weighted by Crippen LogP contribution is 2.16. The Bertz CT molecular complexity index is 1510. The molecule has 442 valence electrons. The molecule has 0 radical (unpaired) electrons. The van der Waals surface area contributed by atoms with E-state index in [1.807, 2.05) is 0 Å². The molecule has 0 N–H and O–H groups in total. The largest absolute Gasteiger partial charge is 0.462 e. The Morgan fingerprint density at radius 2 is 0.506 bits per heavy atom. The molecule has 0 aromatic carbocycles. The fraction of sp³-hybridized carbons (Fsp3) is 0.732. The van der Waals surface area contributed by atoms with Gasteiger partial charge in [0.1, 0.15) is 13.2 Å². The number of hydrogen-bond donors (Lipinski definition) is 0. The van der Waals surface area contributed by atoms with Crippen molar-refractivity contribution in [2.45, 2.75) is 322 Å². The first-order chi connectivity index (χ1) is 38.0. The zero-order chi connectivity index (χ0) is 55.7.